The first-order valence-electron chi connectivity index (χ1n) is 8.51. The number of carbonyl (C=O) groups is 3. The number of aromatic nitrogens is 2. The van der Waals surface area contributed by atoms with Gasteiger partial charge in [0.15, 0.2) is 5.78 Å². The molecular weight excluding hydrogens is 336 g/mol. The Labute approximate surface area is 152 Å². The molecule has 140 valence electrons. The fourth-order valence-electron chi connectivity index (χ4n) is 2.71. The average Bonchev–Trinajstić information content (AvgIpc) is 3.03. The van der Waals surface area contributed by atoms with Gasteiger partial charge in [-0.15, -0.1) is 0 Å². The smallest absolute Gasteiger partial charge is 0.320 e. The molecule has 1 atom stereocenters. The molecule has 0 spiro atoms. The van der Waals surface area contributed by atoms with E-state index < -0.39 is 23.1 Å². The summed E-state index contributed by atoms with van der Waals surface area (Å²) in [6, 6.07) is 5.32. The Hall–Kier alpha value is -2.70. The van der Waals surface area contributed by atoms with Crippen molar-refractivity contribution in [2.75, 3.05) is 13.7 Å². The first kappa shape index (κ1) is 19.6. The highest BCUT2D eigenvalue weighted by Gasteiger charge is 2.45. The zero-order valence-corrected chi connectivity index (χ0v) is 15.7. The van der Waals surface area contributed by atoms with Crippen LogP contribution in [0.1, 0.15) is 56.1 Å². The van der Waals surface area contributed by atoms with E-state index in [1.807, 2.05) is 19.9 Å². The lowest BCUT2D eigenvalue weighted by molar-refractivity contribution is -0.156. The molecule has 2 rings (SSSR count). The van der Waals surface area contributed by atoms with Gasteiger partial charge in [-0.1, -0.05) is 13.8 Å². The van der Waals surface area contributed by atoms with Crippen LogP contribution in [0.15, 0.2) is 24.4 Å². The van der Waals surface area contributed by atoms with Crippen molar-refractivity contribution in [1.82, 2.24) is 9.61 Å². The molecule has 7 nitrogen and oxygen atoms in total. The SMILES string of the molecule is CCOC(=O)CC(C)(C(=O)OC)C(=O)c1ccc2cc(C(C)C)nn2c1. The average molecular weight is 360 g/mol. The van der Waals surface area contributed by atoms with Gasteiger partial charge in [0.2, 0.25) is 0 Å². The number of hydrogen-bond acceptors (Lipinski definition) is 6. The number of carbonyl (C=O) groups excluding carboxylic acids is 3. The standard InChI is InChI=1S/C19H24N2O5/c1-6-26-16(22)10-19(4,18(24)25-5)17(23)13-7-8-14-9-15(12(2)3)20-21(14)11-13/h7-9,11-12H,6,10H2,1-5H3. The Balaban J connectivity index is 2.42. The lowest BCUT2D eigenvalue weighted by Gasteiger charge is -2.24. The molecule has 2 aromatic rings. The van der Waals surface area contributed by atoms with Crippen LogP contribution in [0.25, 0.3) is 5.52 Å². The number of nitrogens with zero attached hydrogens (tertiary/aromatic N) is 2. The van der Waals surface area contributed by atoms with E-state index in [9.17, 15) is 14.4 Å². The Bertz CT molecular complexity index is 840. The van der Waals surface area contributed by atoms with E-state index in [1.165, 1.54) is 14.0 Å². The number of rotatable bonds is 7. The summed E-state index contributed by atoms with van der Waals surface area (Å²) in [5.41, 5.74) is 0.350. The maximum atomic E-state index is 13.0. The van der Waals surface area contributed by atoms with Crippen LogP contribution >= 0.6 is 0 Å². The van der Waals surface area contributed by atoms with Crippen molar-refractivity contribution in [3.8, 4) is 0 Å². The fraction of sp³-hybridized carbons (Fsp3) is 0.474. The van der Waals surface area contributed by atoms with Crippen molar-refractivity contribution >= 4 is 23.2 Å². The molecule has 0 aliphatic rings. The predicted molar refractivity (Wildman–Crippen MR) is 95.0 cm³/mol. The van der Waals surface area contributed by atoms with E-state index in [0.717, 1.165) is 11.2 Å². The van der Waals surface area contributed by atoms with Crippen LogP contribution in [0.4, 0.5) is 0 Å². The van der Waals surface area contributed by atoms with Gasteiger partial charge in [-0.05, 0) is 38.0 Å². The summed E-state index contributed by atoms with van der Waals surface area (Å²) in [5, 5.41) is 4.45. The minimum absolute atomic E-state index is 0.168. The first-order chi connectivity index (χ1) is 12.2. The first-order valence-corrected chi connectivity index (χ1v) is 8.51. The van der Waals surface area contributed by atoms with Gasteiger partial charge in [-0.25, -0.2) is 4.52 Å². The topological polar surface area (TPSA) is 87.0 Å². The molecule has 1 unspecified atom stereocenters. The molecule has 2 aromatic heterocycles. The van der Waals surface area contributed by atoms with Crippen molar-refractivity contribution in [2.45, 2.75) is 40.0 Å². The molecule has 2 heterocycles. The van der Waals surface area contributed by atoms with Gasteiger partial charge in [0.25, 0.3) is 0 Å². The highest BCUT2D eigenvalue weighted by molar-refractivity contribution is 6.13. The fourth-order valence-corrected chi connectivity index (χ4v) is 2.71. The van der Waals surface area contributed by atoms with Crippen molar-refractivity contribution < 1.29 is 23.9 Å². The van der Waals surface area contributed by atoms with E-state index in [-0.39, 0.29) is 24.5 Å². The zero-order chi connectivity index (χ0) is 19.5. The quantitative estimate of drug-likeness (QED) is 0.429. The monoisotopic (exact) mass is 360 g/mol. The number of pyridine rings is 1. The van der Waals surface area contributed by atoms with Crippen LogP contribution in [0.5, 0.6) is 0 Å². The van der Waals surface area contributed by atoms with Crippen LogP contribution in [0.2, 0.25) is 0 Å². The molecule has 0 amide bonds. The zero-order valence-electron chi connectivity index (χ0n) is 15.7. The second kappa shape index (κ2) is 7.68. The predicted octanol–water partition coefficient (Wildman–Crippen LogP) is 2.77. The van der Waals surface area contributed by atoms with Gasteiger partial charge in [0.05, 0.1) is 31.3 Å². The number of Topliss-reactive ketones (excluding diaryl/α,β-unsaturated/α-hetero) is 1. The van der Waals surface area contributed by atoms with E-state index >= 15 is 0 Å². The Morgan fingerprint density at radius 2 is 1.96 bits per heavy atom. The Morgan fingerprint density at radius 1 is 1.27 bits per heavy atom. The summed E-state index contributed by atoms with van der Waals surface area (Å²) in [5.74, 6) is -1.67. The van der Waals surface area contributed by atoms with Gasteiger partial charge >= 0.3 is 11.9 Å². The highest BCUT2D eigenvalue weighted by Crippen LogP contribution is 2.29. The molecule has 0 saturated carbocycles. The Morgan fingerprint density at radius 3 is 2.54 bits per heavy atom. The molecular formula is C19H24N2O5. The maximum Gasteiger partial charge on any atom is 0.320 e. The highest BCUT2D eigenvalue weighted by atomic mass is 16.5. The minimum atomic E-state index is -1.66. The molecule has 26 heavy (non-hydrogen) atoms. The molecule has 0 saturated heterocycles. The molecule has 0 radical (unpaired) electrons. The van der Waals surface area contributed by atoms with Crippen molar-refractivity contribution in [3.05, 3.63) is 35.7 Å². The summed E-state index contributed by atoms with van der Waals surface area (Å²) in [6.45, 7) is 7.28. The summed E-state index contributed by atoms with van der Waals surface area (Å²) in [6.07, 6.45) is 1.18. The second-order valence-electron chi connectivity index (χ2n) is 6.65. The van der Waals surface area contributed by atoms with Crippen LogP contribution in [0, 0.1) is 5.41 Å². The van der Waals surface area contributed by atoms with Crippen LogP contribution in [-0.4, -0.2) is 41.1 Å². The van der Waals surface area contributed by atoms with Gasteiger partial charge in [0.1, 0.15) is 5.41 Å². The molecule has 0 N–H and O–H groups in total. The molecule has 0 aromatic carbocycles. The third kappa shape index (κ3) is 3.76. The second-order valence-corrected chi connectivity index (χ2v) is 6.65. The van der Waals surface area contributed by atoms with Crippen molar-refractivity contribution in [1.29, 1.82) is 0 Å². The van der Waals surface area contributed by atoms with Gasteiger partial charge in [-0.3, -0.25) is 14.4 Å². The molecule has 7 heteroatoms. The summed E-state index contributed by atoms with van der Waals surface area (Å²) in [4.78, 5) is 37.2. The Kier molecular flexibility index (Phi) is 5.79. The largest absolute Gasteiger partial charge is 0.468 e. The van der Waals surface area contributed by atoms with Crippen LogP contribution in [-0.2, 0) is 19.1 Å². The van der Waals surface area contributed by atoms with Gasteiger partial charge in [0, 0.05) is 11.8 Å². The third-order valence-corrected chi connectivity index (χ3v) is 4.27. The number of ketones is 1. The third-order valence-electron chi connectivity index (χ3n) is 4.27. The number of hydrogen-bond donors (Lipinski definition) is 0. The summed E-state index contributed by atoms with van der Waals surface area (Å²) in [7, 11) is 1.19. The number of ether oxygens (including phenoxy) is 2. The lowest BCUT2D eigenvalue weighted by atomic mass is 9.79. The molecule has 0 fully saturated rings. The minimum Gasteiger partial charge on any atom is -0.468 e. The maximum absolute atomic E-state index is 13.0. The molecule has 0 aliphatic heterocycles. The van der Waals surface area contributed by atoms with E-state index in [2.05, 4.69) is 5.10 Å². The lowest BCUT2D eigenvalue weighted by Crippen LogP contribution is -2.40. The van der Waals surface area contributed by atoms with Gasteiger partial charge < -0.3 is 9.47 Å². The number of esters is 2. The number of fused-ring (bicyclic) bond motifs is 1. The van der Waals surface area contributed by atoms with E-state index in [1.54, 1.807) is 29.8 Å². The van der Waals surface area contributed by atoms with Crippen molar-refractivity contribution in [3.63, 3.8) is 0 Å². The summed E-state index contributed by atoms with van der Waals surface area (Å²) >= 11 is 0. The van der Waals surface area contributed by atoms with Crippen LogP contribution in [0.3, 0.4) is 0 Å². The summed E-state index contributed by atoms with van der Waals surface area (Å²) < 4.78 is 11.3. The number of methoxy groups -OCH3 is 1. The molecule has 0 aliphatic carbocycles. The van der Waals surface area contributed by atoms with E-state index in [4.69, 9.17) is 9.47 Å². The molecule has 0 bridgehead atoms. The van der Waals surface area contributed by atoms with Crippen LogP contribution < -0.4 is 0 Å². The normalized spacial score (nSPS) is 13.5. The van der Waals surface area contributed by atoms with E-state index in [0.29, 0.717) is 0 Å². The van der Waals surface area contributed by atoms with Crippen molar-refractivity contribution in [2.24, 2.45) is 5.41 Å². The van der Waals surface area contributed by atoms with Gasteiger partial charge in [-0.2, -0.15) is 5.10 Å².